The highest BCUT2D eigenvalue weighted by Gasteiger charge is 2.26. The molecule has 164 valence electrons. The van der Waals surface area contributed by atoms with Gasteiger partial charge in [-0.25, -0.2) is 8.42 Å². The predicted molar refractivity (Wildman–Crippen MR) is 117 cm³/mol. The Balaban J connectivity index is 1.61. The second-order valence-corrected chi connectivity index (χ2v) is 9.36. The van der Waals surface area contributed by atoms with Gasteiger partial charge >= 0.3 is 0 Å². The SMILES string of the molecule is COc1ccc(N2CCCN(C(=O)CN(C)S(=O)(=O)c3ccc(C#N)cc3)CC2)cc1. The van der Waals surface area contributed by atoms with E-state index in [9.17, 15) is 13.2 Å². The number of hydrogen-bond acceptors (Lipinski definition) is 6. The van der Waals surface area contributed by atoms with Crippen LogP contribution in [0, 0.1) is 11.3 Å². The molecule has 31 heavy (non-hydrogen) atoms. The van der Waals surface area contributed by atoms with E-state index in [1.807, 2.05) is 30.3 Å². The molecule has 1 aliphatic heterocycles. The summed E-state index contributed by atoms with van der Waals surface area (Å²) in [4.78, 5) is 16.8. The quantitative estimate of drug-likeness (QED) is 0.679. The number of methoxy groups -OCH3 is 1. The zero-order valence-corrected chi connectivity index (χ0v) is 18.5. The van der Waals surface area contributed by atoms with Crippen molar-refractivity contribution in [3.63, 3.8) is 0 Å². The van der Waals surface area contributed by atoms with Crippen molar-refractivity contribution in [1.82, 2.24) is 9.21 Å². The summed E-state index contributed by atoms with van der Waals surface area (Å²) < 4.78 is 31.8. The molecule has 3 rings (SSSR count). The second-order valence-electron chi connectivity index (χ2n) is 7.32. The van der Waals surface area contributed by atoms with Gasteiger partial charge in [0.2, 0.25) is 15.9 Å². The molecular formula is C22H26N4O4S. The van der Waals surface area contributed by atoms with Gasteiger partial charge in [0.05, 0.1) is 30.2 Å². The lowest BCUT2D eigenvalue weighted by atomic mass is 10.2. The maximum absolute atomic E-state index is 12.8. The van der Waals surface area contributed by atoms with E-state index in [2.05, 4.69) is 4.90 Å². The highest BCUT2D eigenvalue weighted by molar-refractivity contribution is 7.89. The van der Waals surface area contributed by atoms with Crippen LogP contribution in [0.4, 0.5) is 5.69 Å². The zero-order valence-electron chi connectivity index (χ0n) is 17.7. The summed E-state index contributed by atoms with van der Waals surface area (Å²) in [6, 6.07) is 15.4. The molecule has 9 heteroatoms. The average Bonchev–Trinajstić information content (AvgIpc) is 3.05. The number of rotatable bonds is 6. The molecule has 0 N–H and O–H groups in total. The van der Waals surface area contributed by atoms with Gasteiger partial charge in [0.15, 0.2) is 0 Å². The zero-order chi connectivity index (χ0) is 22.4. The number of anilines is 1. The first-order valence-corrected chi connectivity index (χ1v) is 11.4. The summed E-state index contributed by atoms with van der Waals surface area (Å²) in [5.41, 5.74) is 1.44. The number of carbonyl (C=O) groups is 1. The van der Waals surface area contributed by atoms with Crippen LogP contribution in [0.15, 0.2) is 53.4 Å². The molecule has 0 bridgehead atoms. The normalized spacial score (nSPS) is 14.8. The van der Waals surface area contributed by atoms with E-state index in [1.165, 1.54) is 31.3 Å². The molecule has 1 amide bonds. The lowest BCUT2D eigenvalue weighted by Crippen LogP contribution is -2.42. The van der Waals surface area contributed by atoms with Gasteiger partial charge in [-0.2, -0.15) is 9.57 Å². The Hall–Kier alpha value is -3.09. The van der Waals surface area contributed by atoms with Gasteiger partial charge in [-0.1, -0.05) is 0 Å². The summed E-state index contributed by atoms with van der Waals surface area (Å²) >= 11 is 0. The lowest BCUT2D eigenvalue weighted by molar-refractivity contribution is -0.131. The molecule has 1 saturated heterocycles. The van der Waals surface area contributed by atoms with Crippen molar-refractivity contribution in [3.8, 4) is 11.8 Å². The van der Waals surface area contributed by atoms with Crippen molar-refractivity contribution >= 4 is 21.6 Å². The average molecular weight is 443 g/mol. The molecule has 0 spiro atoms. The van der Waals surface area contributed by atoms with Gasteiger partial charge in [-0.05, 0) is 55.0 Å². The van der Waals surface area contributed by atoms with Gasteiger partial charge in [-0.15, -0.1) is 0 Å². The van der Waals surface area contributed by atoms with Gasteiger partial charge < -0.3 is 14.5 Å². The molecule has 1 aliphatic rings. The molecule has 2 aromatic rings. The molecule has 1 fully saturated rings. The fraction of sp³-hybridized carbons (Fsp3) is 0.364. The Bertz CT molecular complexity index is 1050. The van der Waals surface area contributed by atoms with Crippen LogP contribution in [0.1, 0.15) is 12.0 Å². The Kier molecular flexibility index (Phi) is 7.15. The third-order valence-corrected chi connectivity index (χ3v) is 7.15. The van der Waals surface area contributed by atoms with Crippen LogP contribution in [-0.4, -0.2) is 70.4 Å². The van der Waals surface area contributed by atoms with E-state index >= 15 is 0 Å². The van der Waals surface area contributed by atoms with E-state index in [0.717, 1.165) is 28.7 Å². The van der Waals surface area contributed by atoms with Crippen molar-refractivity contribution in [2.24, 2.45) is 0 Å². The fourth-order valence-corrected chi connectivity index (χ4v) is 4.60. The van der Waals surface area contributed by atoms with Gasteiger partial charge in [0, 0.05) is 38.9 Å². The highest BCUT2D eigenvalue weighted by atomic mass is 32.2. The molecule has 1 heterocycles. The summed E-state index contributed by atoms with van der Waals surface area (Å²) in [5.74, 6) is 0.568. The third-order valence-electron chi connectivity index (χ3n) is 5.34. The molecule has 0 saturated carbocycles. The Morgan fingerprint density at radius 3 is 2.35 bits per heavy atom. The molecular weight excluding hydrogens is 416 g/mol. The van der Waals surface area contributed by atoms with Crippen LogP contribution >= 0.6 is 0 Å². The number of carbonyl (C=O) groups excluding carboxylic acids is 1. The number of sulfonamides is 1. The van der Waals surface area contributed by atoms with Crippen LogP contribution in [-0.2, 0) is 14.8 Å². The van der Waals surface area contributed by atoms with E-state index in [4.69, 9.17) is 10.00 Å². The van der Waals surface area contributed by atoms with Crippen molar-refractivity contribution in [2.45, 2.75) is 11.3 Å². The molecule has 0 atom stereocenters. The first-order chi connectivity index (χ1) is 14.8. The monoisotopic (exact) mass is 442 g/mol. The van der Waals surface area contributed by atoms with Crippen LogP contribution in [0.5, 0.6) is 5.75 Å². The first kappa shape index (κ1) is 22.6. The Labute approximate surface area is 183 Å². The highest BCUT2D eigenvalue weighted by Crippen LogP contribution is 2.21. The van der Waals surface area contributed by atoms with Crippen molar-refractivity contribution in [1.29, 1.82) is 5.26 Å². The number of amides is 1. The van der Waals surface area contributed by atoms with Crippen LogP contribution < -0.4 is 9.64 Å². The van der Waals surface area contributed by atoms with Crippen LogP contribution in [0.25, 0.3) is 0 Å². The van der Waals surface area contributed by atoms with Crippen molar-refractivity contribution in [3.05, 3.63) is 54.1 Å². The maximum Gasteiger partial charge on any atom is 0.243 e. The van der Waals surface area contributed by atoms with Gasteiger partial charge in [-0.3, -0.25) is 4.79 Å². The number of nitrogens with zero attached hydrogens (tertiary/aromatic N) is 4. The standard InChI is InChI=1S/C22H26N4O4S/c1-24(31(28,29)21-10-4-18(16-23)5-11-21)17-22(27)26-13-3-12-25(14-15-26)19-6-8-20(30-2)9-7-19/h4-11H,3,12-15,17H2,1-2H3. The Morgan fingerprint density at radius 1 is 1.06 bits per heavy atom. The van der Waals surface area contributed by atoms with E-state index in [1.54, 1.807) is 12.0 Å². The summed E-state index contributed by atoms with van der Waals surface area (Å²) in [6.07, 6.45) is 0.795. The largest absolute Gasteiger partial charge is 0.497 e. The fourth-order valence-electron chi connectivity index (χ4n) is 3.47. The minimum Gasteiger partial charge on any atom is -0.497 e. The lowest BCUT2D eigenvalue weighted by Gasteiger charge is -2.25. The van der Waals surface area contributed by atoms with E-state index in [0.29, 0.717) is 25.2 Å². The minimum atomic E-state index is -3.81. The molecule has 0 radical (unpaired) electrons. The topological polar surface area (TPSA) is 93.9 Å². The smallest absolute Gasteiger partial charge is 0.243 e. The molecule has 0 aromatic heterocycles. The second kappa shape index (κ2) is 9.81. The van der Waals surface area contributed by atoms with E-state index in [-0.39, 0.29) is 17.3 Å². The maximum atomic E-state index is 12.8. The van der Waals surface area contributed by atoms with Crippen LogP contribution in [0.2, 0.25) is 0 Å². The number of benzene rings is 2. The predicted octanol–water partition coefficient (Wildman–Crippen LogP) is 1.93. The number of nitriles is 1. The third kappa shape index (κ3) is 5.34. The summed E-state index contributed by atoms with van der Waals surface area (Å²) in [7, 11) is -0.789. The summed E-state index contributed by atoms with van der Waals surface area (Å²) in [6.45, 7) is 2.36. The number of hydrogen-bond donors (Lipinski definition) is 0. The Morgan fingerprint density at radius 2 is 1.74 bits per heavy atom. The van der Waals surface area contributed by atoms with Crippen molar-refractivity contribution < 1.29 is 17.9 Å². The first-order valence-electron chi connectivity index (χ1n) is 9.98. The van der Waals surface area contributed by atoms with Crippen molar-refractivity contribution in [2.75, 3.05) is 51.8 Å². The molecule has 0 aliphatic carbocycles. The van der Waals surface area contributed by atoms with E-state index < -0.39 is 10.0 Å². The number of likely N-dealkylation sites (N-methyl/N-ethyl adjacent to an activating group) is 1. The van der Waals surface area contributed by atoms with Gasteiger partial charge in [0.1, 0.15) is 5.75 Å². The van der Waals surface area contributed by atoms with Crippen LogP contribution in [0.3, 0.4) is 0 Å². The van der Waals surface area contributed by atoms with Gasteiger partial charge in [0.25, 0.3) is 0 Å². The molecule has 8 nitrogen and oxygen atoms in total. The summed E-state index contributed by atoms with van der Waals surface area (Å²) in [5, 5.41) is 8.87. The number of ether oxygens (including phenoxy) is 1. The molecule has 2 aromatic carbocycles. The minimum absolute atomic E-state index is 0.0587. The molecule has 0 unspecified atom stereocenters.